The van der Waals surface area contributed by atoms with Crippen LogP contribution >= 0.6 is 0 Å². The third-order valence-corrected chi connectivity index (χ3v) is 4.23. The fourth-order valence-electron chi connectivity index (χ4n) is 3.17. The third kappa shape index (κ3) is 4.42. The monoisotopic (exact) mass is 224 g/mol. The molecule has 0 saturated carbocycles. The molecular weight excluding hydrogens is 196 g/mol. The summed E-state index contributed by atoms with van der Waals surface area (Å²) in [5, 5.41) is 7.22. The molecule has 94 valence electrons. The van der Waals surface area contributed by atoms with Crippen LogP contribution in [-0.4, -0.2) is 25.7 Å². The van der Waals surface area contributed by atoms with Gasteiger partial charge in [-0.15, -0.1) is 0 Å². The van der Waals surface area contributed by atoms with Crippen LogP contribution in [0, 0.1) is 5.92 Å². The maximum absolute atomic E-state index is 3.70. The van der Waals surface area contributed by atoms with Crippen LogP contribution in [0.3, 0.4) is 0 Å². The first kappa shape index (κ1) is 12.4. The lowest BCUT2D eigenvalue weighted by Crippen LogP contribution is -2.31. The second-order valence-corrected chi connectivity index (χ2v) is 5.64. The van der Waals surface area contributed by atoms with E-state index in [1.165, 1.54) is 77.4 Å². The van der Waals surface area contributed by atoms with Crippen LogP contribution in [-0.2, 0) is 0 Å². The molecule has 2 atom stereocenters. The zero-order chi connectivity index (χ0) is 11.1. The molecular formula is C14H28N2. The second kappa shape index (κ2) is 7.29. The Kier molecular flexibility index (Phi) is 5.64. The van der Waals surface area contributed by atoms with Crippen molar-refractivity contribution in [3.05, 3.63) is 0 Å². The predicted molar refractivity (Wildman–Crippen MR) is 69.7 cm³/mol. The van der Waals surface area contributed by atoms with Gasteiger partial charge < -0.3 is 10.6 Å². The van der Waals surface area contributed by atoms with E-state index in [4.69, 9.17) is 0 Å². The van der Waals surface area contributed by atoms with Crippen LogP contribution in [0.5, 0.6) is 0 Å². The molecule has 0 aromatic heterocycles. The van der Waals surface area contributed by atoms with E-state index in [-0.39, 0.29) is 0 Å². The van der Waals surface area contributed by atoms with Crippen molar-refractivity contribution >= 4 is 0 Å². The lowest BCUT2D eigenvalue weighted by atomic mass is 9.92. The average molecular weight is 224 g/mol. The summed E-state index contributed by atoms with van der Waals surface area (Å²) in [6.07, 6.45) is 12.9. The van der Waals surface area contributed by atoms with Crippen LogP contribution in [0.4, 0.5) is 0 Å². The summed E-state index contributed by atoms with van der Waals surface area (Å²) >= 11 is 0. The van der Waals surface area contributed by atoms with Gasteiger partial charge in [-0.3, -0.25) is 0 Å². The largest absolute Gasteiger partial charge is 0.316 e. The molecule has 2 aliphatic heterocycles. The summed E-state index contributed by atoms with van der Waals surface area (Å²) in [6, 6.07) is 0.832. The SMILES string of the molecule is C1CCNC(CCCC2CCCNC2)CC1. The van der Waals surface area contributed by atoms with Crippen molar-refractivity contribution in [1.29, 1.82) is 0 Å². The van der Waals surface area contributed by atoms with Gasteiger partial charge in [0.1, 0.15) is 0 Å². The molecule has 2 unspecified atom stereocenters. The molecule has 2 aliphatic rings. The molecule has 2 heteroatoms. The Morgan fingerprint density at radius 2 is 1.88 bits per heavy atom. The molecule has 2 saturated heterocycles. The topological polar surface area (TPSA) is 24.1 Å². The first-order valence-corrected chi connectivity index (χ1v) is 7.39. The Balaban J connectivity index is 1.55. The van der Waals surface area contributed by atoms with Gasteiger partial charge in [-0.05, 0) is 64.1 Å². The Morgan fingerprint density at radius 1 is 0.875 bits per heavy atom. The van der Waals surface area contributed by atoms with Crippen molar-refractivity contribution in [3.63, 3.8) is 0 Å². The molecule has 16 heavy (non-hydrogen) atoms. The third-order valence-electron chi connectivity index (χ3n) is 4.23. The summed E-state index contributed by atoms with van der Waals surface area (Å²) in [6.45, 7) is 3.79. The van der Waals surface area contributed by atoms with Crippen LogP contribution < -0.4 is 10.6 Å². The van der Waals surface area contributed by atoms with Gasteiger partial charge in [0.15, 0.2) is 0 Å². The Morgan fingerprint density at radius 3 is 2.75 bits per heavy atom. The minimum Gasteiger partial charge on any atom is -0.316 e. The minimum atomic E-state index is 0.832. The molecule has 2 fully saturated rings. The van der Waals surface area contributed by atoms with Crippen LogP contribution in [0.15, 0.2) is 0 Å². The fourth-order valence-corrected chi connectivity index (χ4v) is 3.17. The van der Waals surface area contributed by atoms with Crippen molar-refractivity contribution < 1.29 is 0 Å². The molecule has 2 N–H and O–H groups in total. The number of piperidine rings is 1. The van der Waals surface area contributed by atoms with E-state index >= 15 is 0 Å². The van der Waals surface area contributed by atoms with Gasteiger partial charge in [0.05, 0.1) is 0 Å². The number of nitrogens with one attached hydrogen (secondary N) is 2. The highest BCUT2D eigenvalue weighted by atomic mass is 14.9. The van der Waals surface area contributed by atoms with E-state index in [0.29, 0.717) is 0 Å². The predicted octanol–water partition coefficient (Wildman–Crippen LogP) is 2.69. The first-order chi connectivity index (χ1) is 7.95. The zero-order valence-electron chi connectivity index (χ0n) is 10.6. The Hall–Kier alpha value is -0.0800. The van der Waals surface area contributed by atoms with E-state index in [9.17, 15) is 0 Å². The maximum Gasteiger partial charge on any atom is 0.00670 e. The molecule has 0 bridgehead atoms. The van der Waals surface area contributed by atoms with E-state index < -0.39 is 0 Å². The van der Waals surface area contributed by atoms with Gasteiger partial charge in [0, 0.05) is 6.04 Å². The average Bonchev–Trinajstić information content (AvgIpc) is 2.59. The second-order valence-electron chi connectivity index (χ2n) is 5.64. The summed E-state index contributed by atoms with van der Waals surface area (Å²) < 4.78 is 0. The van der Waals surface area contributed by atoms with Crippen molar-refractivity contribution in [2.24, 2.45) is 5.92 Å². The van der Waals surface area contributed by atoms with Crippen molar-refractivity contribution in [2.45, 2.75) is 63.8 Å². The number of hydrogen-bond acceptors (Lipinski definition) is 2. The lowest BCUT2D eigenvalue weighted by molar-refractivity contribution is 0.336. The zero-order valence-corrected chi connectivity index (χ0v) is 10.6. The fraction of sp³-hybridized carbons (Fsp3) is 1.00. The minimum absolute atomic E-state index is 0.832. The van der Waals surface area contributed by atoms with Gasteiger partial charge in [0.2, 0.25) is 0 Å². The van der Waals surface area contributed by atoms with Gasteiger partial charge in [-0.2, -0.15) is 0 Å². The van der Waals surface area contributed by atoms with Crippen LogP contribution in [0.25, 0.3) is 0 Å². The molecule has 0 amide bonds. The molecule has 2 heterocycles. The Labute approximate surface area is 101 Å². The molecule has 0 aliphatic carbocycles. The lowest BCUT2D eigenvalue weighted by Gasteiger charge is -2.23. The Bertz CT molecular complexity index is 168. The van der Waals surface area contributed by atoms with Gasteiger partial charge in [-0.1, -0.05) is 19.3 Å². The van der Waals surface area contributed by atoms with E-state index in [2.05, 4.69) is 10.6 Å². The van der Waals surface area contributed by atoms with Gasteiger partial charge in [-0.25, -0.2) is 0 Å². The summed E-state index contributed by atoms with van der Waals surface area (Å²) in [4.78, 5) is 0. The van der Waals surface area contributed by atoms with Crippen LogP contribution in [0.2, 0.25) is 0 Å². The molecule has 0 aromatic rings. The molecule has 0 radical (unpaired) electrons. The van der Waals surface area contributed by atoms with Crippen LogP contribution in [0.1, 0.15) is 57.8 Å². The van der Waals surface area contributed by atoms with Crippen molar-refractivity contribution in [2.75, 3.05) is 19.6 Å². The summed E-state index contributed by atoms with van der Waals surface area (Å²) in [5.74, 6) is 0.972. The highest BCUT2D eigenvalue weighted by molar-refractivity contribution is 4.73. The summed E-state index contributed by atoms with van der Waals surface area (Å²) in [5.41, 5.74) is 0. The molecule has 0 spiro atoms. The molecule has 2 rings (SSSR count). The normalized spacial score (nSPS) is 32.2. The van der Waals surface area contributed by atoms with E-state index in [1.54, 1.807) is 0 Å². The summed E-state index contributed by atoms with van der Waals surface area (Å²) in [7, 11) is 0. The highest BCUT2D eigenvalue weighted by Crippen LogP contribution is 2.19. The molecule has 2 nitrogen and oxygen atoms in total. The van der Waals surface area contributed by atoms with Gasteiger partial charge in [0.25, 0.3) is 0 Å². The quantitative estimate of drug-likeness (QED) is 0.767. The van der Waals surface area contributed by atoms with E-state index in [1.807, 2.05) is 0 Å². The smallest absolute Gasteiger partial charge is 0.00670 e. The maximum atomic E-state index is 3.70. The molecule has 0 aromatic carbocycles. The highest BCUT2D eigenvalue weighted by Gasteiger charge is 2.15. The van der Waals surface area contributed by atoms with Crippen molar-refractivity contribution in [1.82, 2.24) is 10.6 Å². The van der Waals surface area contributed by atoms with Gasteiger partial charge >= 0.3 is 0 Å². The first-order valence-electron chi connectivity index (χ1n) is 7.39. The number of rotatable bonds is 4. The number of hydrogen-bond donors (Lipinski definition) is 2. The van der Waals surface area contributed by atoms with Crippen molar-refractivity contribution in [3.8, 4) is 0 Å². The standard InChI is InChI=1S/C14H28N2/c1-2-8-14(16-11-3-1)9-4-6-13-7-5-10-15-12-13/h13-16H,1-12H2. The van der Waals surface area contributed by atoms with E-state index in [0.717, 1.165) is 12.0 Å².